The van der Waals surface area contributed by atoms with Crippen molar-refractivity contribution in [2.24, 2.45) is 5.92 Å². The number of rotatable bonds is 9. The van der Waals surface area contributed by atoms with Gasteiger partial charge in [-0.25, -0.2) is 0 Å². The number of carbonyl (C=O) groups is 3. The van der Waals surface area contributed by atoms with Crippen LogP contribution in [0, 0.1) is 5.92 Å². The van der Waals surface area contributed by atoms with Crippen molar-refractivity contribution in [3.05, 3.63) is 89.5 Å². The van der Waals surface area contributed by atoms with Crippen LogP contribution in [0.5, 0.6) is 5.75 Å². The molecule has 0 spiro atoms. The molecule has 0 atom stereocenters. The van der Waals surface area contributed by atoms with Gasteiger partial charge in [0.25, 0.3) is 11.8 Å². The first-order chi connectivity index (χ1) is 16.4. The Bertz CT molecular complexity index is 1160. The van der Waals surface area contributed by atoms with E-state index in [1.807, 2.05) is 38.1 Å². The Morgan fingerprint density at radius 2 is 1.59 bits per heavy atom. The third kappa shape index (κ3) is 6.93. The summed E-state index contributed by atoms with van der Waals surface area (Å²) in [7, 11) is 1.56. The van der Waals surface area contributed by atoms with E-state index in [2.05, 4.69) is 16.0 Å². The maximum absolute atomic E-state index is 12.9. The van der Waals surface area contributed by atoms with Crippen LogP contribution in [0.2, 0.25) is 0 Å². The highest BCUT2D eigenvalue weighted by Gasteiger charge is 2.14. The topological polar surface area (TPSA) is 96.5 Å². The third-order valence-corrected chi connectivity index (χ3v) is 5.03. The fourth-order valence-corrected chi connectivity index (χ4v) is 3.35. The zero-order chi connectivity index (χ0) is 24.5. The summed E-state index contributed by atoms with van der Waals surface area (Å²) < 4.78 is 5.12. The number of nitrogens with one attached hydrogen (secondary N) is 3. The fourth-order valence-electron chi connectivity index (χ4n) is 3.35. The summed E-state index contributed by atoms with van der Waals surface area (Å²) in [6.07, 6.45) is 0.444. The Labute approximate surface area is 199 Å². The summed E-state index contributed by atoms with van der Waals surface area (Å²) >= 11 is 0. The number of carbonyl (C=O) groups excluding carboxylic acids is 3. The standard InChI is InChI=1S/C27H29N3O4/c1-18(2)15-25(31)29-21-8-6-7-19(16-21)17-28-27(33)23-9-4-5-10-24(23)30-26(32)20-11-13-22(34-3)14-12-20/h4-14,16,18H,15,17H2,1-3H3,(H,28,33)(H,29,31)(H,30,32). The summed E-state index contributed by atoms with van der Waals surface area (Å²) in [4.78, 5) is 37.5. The first kappa shape index (κ1) is 24.5. The maximum atomic E-state index is 12.9. The molecule has 7 heteroatoms. The molecule has 176 valence electrons. The molecule has 0 unspecified atom stereocenters. The van der Waals surface area contributed by atoms with Crippen molar-refractivity contribution in [2.45, 2.75) is 26.8 Å². The zero-order valence-electron chi connectivity index (χ0n) is 19.6. The lowest BCUT2D eigenvalue weighted by Crippen LogP contribution is -2.25. The van der Waals surface area contributed by atoms with Crippen molar-refractivity contribution >= 4 is 29.1 Å². The Kier molecular flexibility index (Phi) is 8.40. The monoisotopic (exact) mass is 459 g/mol. The number of hydrogen-bond donors (Lipinski definition) is 3. The summed E-state index contributed by atoms with van der Waals surface area (Å²) in [5.74, 6) is 0.234. The lowest BCUT2D eigenvalue weighted by molar-refractivity contribution is -0.116. The molecule has 3 N–H and O–H groups in total. The lowest BCUT2D eigenvalue weighted by Gasteiger charge is -2.13. The van der Waals surface area contributed by atoms with Gasteiger partial charge in [-0.15, -0.1) is 0 Å². The number of methoxy groups -OCH3 is 1. The van der Waals surface area contributed by atoms with Gasteiger partial charge in [0.05, 0.1) is 18.4 Å². The van der Waals surface area contributed by atoms with Crippen LogP contribution in [0.4, 0.5) is 11.4 Å². The van der Waals surface area contributed by atoms with Crippen LogP contribution in [0.25, 0.3) is 0 Å². The molecule has 7 nitrogen and oxygen atoms in total. The highest BCUT2D eigenvalue weighted by atomic mass is 16.5. The third-order valence-electron chi connectivity index (χ3n) is 5.03. The molecule has 0 bridgehead atoms. The van der Waals surface area contributed by atoms with Crippen molar-refractivity contribution in [2.75, 3.05) is 17.7 Å². The van der Waals surface area contributed by atoms with E-state index in [1.54, 1.807) is 55.6 Å². The Balaban J connectivity index is 1.64. The molecule has 3 aromatic rings. The maximum Gasteiger partial charge on any atom is 0.255 e. The zero-order valence-corrected chi connectivity index (χ0v) is 19.6. The second-order valence-corrected chi connectivity index (χ2v) is 8.26. The van der Waals surface area contributed by atoms with E-state index in [4.69, 9.17) is 4.74 Å². The van der Waals surface area contributed by atoms with E-state index < -0.39 is 0 Å². The van der Waals surface area contributed by atoms with Crippen molar-refractivity contribution in [3.8, 4) is 5.75 Å². The highest BCUT2D eigenvalue weighted by Crippen LogP contribution is 2.18. The molecule has 0 fully saturated rings. The van der Waals surface area contributed by atoms with Gasteiger partial charge < -0.3 is 20.7 Å². The molecule has 0 radical (unpaired) electrons. The lowest BCUT2D eigenvalue weighted by atomic mass is 10.1. The van der Waals surface area contributed by atoms with E-state index in [0.717, 1.165) is 5.56 Å². The SMILES string of the molecule is COc1ccc(C(=O)Nc2ccccc2C(=O)NCc2cccc(NC(=O)CC(C)C)c2)cc1. The number of ether oxygens (including phenoxy) is 1. The smallest absolute Gasteiger partial charge is 0.255 e. The van der Waals surface area contributed by atoms with Gasteiger partial charge in [0.1, 0.15) is 5.75 Å². The molecular formula is C27H29N3O4. The largest absolute Gasteiger partial charge is 0.497 e. The quantitative estimate of drug-likeness (QED) is 0.426. The number of para-hydroxylation sites is 1. The van der Waals surface area contributed by atoms with Gasteiger partial charge in [0.15, 0.2) is 0 Å². The average molecular weight is 460 g/mol. The minimum Gasteiger partial charge on any atom is -0.497 e. The van der Waals surface area contributed by atoms with Gasteiger partial charge >= 0.3 is 0 Å². The first-order valence-corrected chi connectivity index (χ1v) is 11.1. The Morgan fingerprint density at radius 1 is 0.853 bits per heavy atom. The molecule has 3 rings (SSSR count). The normalized spacial score (nSPS) is 10.5. The summed E-state index contributed by atoms with van der Waals surface area (Å²) in [6.45, 7) is 4.25. The van der Waals surface area contributed by atoms with Crippen LogP contribution in [-0.2, 0) is 11.3 Å². The number of benzene rings is 3. The molecule has 3 amide bonds. The minimum atomic E-state index is -0.326. The van der Waals surface area contributed by atoms with E-state index in [9.17, 15) is 14.4 Å². The summed E-state index contributed by atoms with van der Waals surface area (Å²) in [5.41, 5.74) is 2.74. The molecule has 0 aliphatic heterocycles. The van der Waals surface area contributed by atoms with Gasteiger partial charge in [-0.2, -0.15) is 0 Å². The molecular weight excluding hydrogens is 430 g/mol. The molecule has 34 heavy (non-hydrogen) atoms. The molecule has 0 aliphatic carbocycles. The molecule has 0 aromatic heterocycles. The molecule has 0 heterocycles. The number of anilines is 2. The van der Waals surface area contributed by atoms with Gasteiger partial charge in [0, 0.05) is 24.2 Å². The van der Waals surface area contributed by atoms with E-state index in [0.29, 0.717) is 34.7 Å². The van der Waals surface area contributed by atoms with Crippen LogP contribution in [0.15, 0.2) is 72.8 Å². The number of hydrogen-bond acceptors (Lipinski definition) is 4. The molecule has 0 saturated heterocycles. The van der Waals surface area contributed by atoms with Crippen LogP contribution in [0.1, 0.15) is 46.5 Å². The molecule has 0 saturated carbocycles. The van der Waals surface area contributed by atoms with E-state index >= 15 is 0 Å². The number of amides is 3. The van der Waals surface area contributed by atoms with Gasteiger partial charge in [-0.1, -0.05) is 38.1 Å². The predicted octanol–water partition coefficient (Wildman–Crippen LogP) is 4.86. The first-order valence-electron chi connectivity index (χ1n) is 11.1. The predicted molar refractivity (Wildman–Crippen MR) is 133 cm³/mol. The van der Waals surface area contributed by atoms with Gasteiger partial charge in [-0.05, 0) is 60.0 Å². The highest BCUT2D eigenvalue weighted by molar-refractivity contribution is 6.09. The Morgan fingerprint density at radius 3 is 2.29 bits per heavy atom. The molecule has 0 aliphatic rings. The summed E-state index contributed by atoms with van der Waals surface area (Å²) in [6, 6.07) is 20.9. The van der Waals surface area contributed by atoms with Crippen LogP contribution < -0.4 is 20.7 Å². The van der Waals surface area contributed by atoms with Crippen LogP contribution in [0.3, 0.4) is 0 Å². The van der Waals surface area contributed by atoms with Crippen molar-refractivity contribution in [1.82, 2.24) is 5.32 Å². The van der Waals surface area contributed by atoms with Crippen LogP contribution >= 0.6 is 0 Å². The van der Waals surface area contributed by atoms with Crippen molar-refractivity contribution < 1.29 is 19.1 Å². The Hall–Kier alpha value is -4.13. The van der Waals surface area contributed by atoms with E-state index in [-0.39, 0.29) is 30.2 Å². The van der Waals surface area contributed by atoms with Crippen molar-refractivity contribution in [3.63, 3.8) is 0 Å². The average Bonchev–Trinajstić information content (AvgIpc) is 2.82. The molecule has 3 aromatic carbocycles. The van der Waals surface area contributed by atoms with E-state index in [1.165, 1.54) is 0 Å². The second-order valence-electron chi connectivity index (χ2n) is 8.26. The minimum absolute atomic E-state index is 0.0438. The summed E-state index contributed by atoms with van der Waals surface area (Å²) in [5, 5.41) is 8.56. The van der Waals surface area contributed by atoms with Gasteiger partial charge in [-0.3, -0.25) is 14.4 Å². The second kappa shape index (κ2) is 11.7. The van der Waals surface area contributed by atoms with Gasteiger partial charge in [0.2, 0.25) is 5.91 Å². The fraction of sp³-hybridized carbons (Fsp3) is 0.222. The van der Waals surface area contributed by atoms with Crippen LogP contribution in [-0.4, -0.2) is 24.8 Å². The van der Waals surface area contributed by atoms with Crippen molar-refractivity contribution in [1.29, 1.82) is 0 Å².